The molecule has 0 spiro atoms. The SMILES string of the molecule is O=C1COC(CCO)CN1c1ccccc1. The molecule has 1 heterocycles. The van der Waals surface area contributed by atoms with Gasteiger partial charge in [-0.3, -0.25) is 4.79 Å². The molecule has 1 fully saturated rings. The van der Waals surface area contributed by atoms with Crippen LogP contribution in [0.2, 0.25) is 0 Å². The van der Waals surface area contributed by atoms with Crippen LogP contribution in [0.15, 0.2) is 30.3 Å². The van der Waals surface area contributed by atoms with Gasteiger partial charge >= 0.3 is 0 Å². The monoisotopic (exact) mass is 221 g/mol. The average molecular weight is 221 g/mol. The van der Waals surface area contributed by atoms with Crippen molar-refractivity contribution in [2.24, 2.45) is 0 Å². The molecular weight excluding hydrogens is 206 g/mol. The van der Waals surface area contributed by atoms with Crippen molar-refractivity contribution in [2.75, 3.05) is 24.7 Å². The molecule has 86 valence electrons. The molecule has 2 rings (SSSR count). The Bertz CT molecular complexity index is 353. The van der Waals surface area contributed by atoms with Crippen LogP contribution in [0.3, 0.4) is 0 Å². The number of para-hydroxylation sites is 1. The van der Waals surface area contributed by atoms with Crippen molar-refractivity contribution in [1.82, 2.24) is 0 Å². The standard InChI is InChI=1S/C12H15NO3/c14-7-6-11-8-13(12(15)9-16-11)10-4-2-1-3-5-10/h1-5,11,14H,6-9H2. The maximum Gasteiger partial charge on any atom is 0.253 e. The number of benzene rings is 1. The molecule has 0 aliphatic carbocycles. The van der Waals surface area contributed by atoms with E-state index in [1.165, 1.54) is 0 Å². The van der Waals surface area contributed by atoms with Crippen LogP contribution in [0.4, 0.5) is 5.69 Å². The Kier molecular flexibility index (Phi) is 3.54. The first-order valence-corrected chi connectivity index (χ1v) is 5.39. The van der Waals surface area contributed by atoms with E-state index in [1.807, 2.05) is 30.3 Å². The number of nitrogens with zero attached hydrogens (tertiary/aromatic N) is 1. The van der Waals surface area contributed by atoms with E-state index in [-0.39, 0.29) is 25.2 Å². The minimum atomic E-state index is -0.0668. The first kappa shape index (κ1) is 11.1. The van der Waals surface area contributed by atoms with E-state index in [4.69, 9.17) is 9.84 Å². The summed E-state index contributed by atoms with van der Waals surface area (Å²) in [6.07, 6.45) is 0.499. The van der Waals surface area contributed by atoms with Crippen LogP contribution in [-0.4, -0.2) is 36.9 Å². The smallest absolute Gasteiger partial charge is 0.253 e. The maximum atomic E-state index is 11.7. The van der Waals surface area contributed by atoms with Gasteiger partial charge in [-0.1, -0.05) is 18.2 Å². The van der Waals surface area contributed by atoms with Crippen LogP contribution in [0, 0.1) is 0 Å². The van der Waals surface area contributed by atoms with E-state index in [1.54, 1.807) is 4.90 Å². The number of hydrogen-bond acceptors (Lipinski definition) is 3. The minimum absolute atomic E-state index is 0.0274. The van der Waals surface area contributed by atoms with Gasteiger partial charge in [0.15, 0.2) is 0 Å². The first-order valence-electron chi connectivity index (χ1n) is 5.39. The van der Waals surface area contributed by atoms with Crippen LogP contribution < -0.4 is 4.90 Å². The van der Waals surface area contributed by atoms with Gasteiger partial charge < -0.3 is 14.7 Å². The molecule has 1 unspecified atom stereocenters. The number of ether oxygens (including phenoxy) is 1. The van der Waals surface area contributed by atoms with E-state index in [0.717, 1.165) is 5.69 Å². The normalized spacial score (nSPS) is 21.2. The van der Waals surface area contributed by atoms with Crippen molar-refractivity contribution in [3.63, 3.8) is 0 Å². The number of carbonyl (C=O) groups excluding carboxylic acids is 1. The molecule has 0 saturated carbocycles. The van der Waals surface area contributed by atoms with E-state index >= 15 is 0 Å². The highest BCUT2D eigenvalue weighted by Crippen LogP contribution is 2.18. The summed E-state index contributed by atoms with van der Waals surface area (Å²) in [4.78, 5) is 13.4. The molecule has 4 nitrogen and oxygen atoms in total. The Balaban J connectivity index is 2.10. The number of aliphatic hydroxyl groups excluding tert-OH is 1. The van der Waals surface area contributed by atoms with Crippen molar-refractivity contribution in [3.8, 4) is 0 Å². The highest BCUT2D eigenvalue weighted by molar-refractivity contribution is 5.94. The third kappa shape index (κ3) is 2.40. The van der Waals surface area contributed by atoms with Gasteiger partial charge in [-0.2, -0.15) is 0 Å². The third-order valence-corrected chi connectivity index (χ3v) is 2.65. The van der Waals surface area contributed by atoms with Crippen molar-refractivity contribution in [1.29, 1.82) is 0 Å². The van der Waals surface area contributed by atoms with E-state index in [0.29, 0.717) is 13.0 Å². The first-order chi connectivity index (χ1) is 7.81. The summed E-state index contributed by atoms with van der Waals surface area (Å²) in [6, 6.07) is 9.52. The lowest BCUT2D eigenvalue weighted by Crippen LogP contribution is -2.47. The second kappa shape index (κ2) is 5.09. The summed E-state index contributed by atoms with van der Waals surface area (Å²) < 4.78 is 5.33. The summed E-state index contributed by atoms with van der Waals surface area (Å²) in [6.45, 7) is 0.699. The third-order valence-electron chi connectivity index (χ3n) is 2.65. The largest absolute Gasteiger partial charge is 0.396 e. The lowest BCUT2D eigenvalue weighted by atomic mass is 10.2. The number of amides is 1. The lowest BCUT2D eigenvalue weighted by Gasteiger charge is -2.32. The van der Waals surface area contributed by atoms with E-state index < -0.39 is 0 Å². The van der Waals surface area contributed by atoms with Gasteiger partial charge in [-0.25, -0.2) is 0 Å². The summed E-state index contributed by atoms with van der Waals surface area (Å²) in [7, 11) is 0. The topological polar surface area (TPSA) is 49.8 Å². The fraction of sp³-hybridized carbons (Fsp3) is 0.417. The van der Waals surface area contributed by atoms with Crippen molar-refractivity contribution >= 4 is 11.6 Å². The summed E-state index contributed by atoms with van der Waals surface area (Å²) in [5.74, 6) is -0.0274. The molecule has 1 aliphatic rings. The van der Waals surface area contributed by atoms with Crippen LogP contribution in [0.25, 0.3) is 0 Å². The predicted molar refractivity (Wildman–Crippen MR) is 60.2 cm³/mol. The fourth-order valence-corrected chi connectivity index (χ4v) is 1.80. The van der Waals surface area contributed by atoms with Crippen LogP contribution in [-0.2, 0) is 9.53 Å². The molecular formula is C12H15NO3. The molecule has 16 heavy (non-hydrogen) atoms. The number of hydrogen-bond donors (Lipinski definition) is 1. The van der Waals surface area contributed by atoms with Crippen molar-refractivity contribution in [3.05, 3.63) is 30.3 Å². The maximum absolute atomic E-state index is 11.7. The Morgan fingerprint density at radius 3 is 2.81 bits per heavy atom. The summed E-state index contributed by atoms with van der Waals surface area (Å²) >= 11 is 0. The molecule has 1 saturated heterocycles. The molecule has 0 radical (unpaired) electrons. The van der Waals surface area contributed by atoms with Gasteiger partial charge in [-0.05, 0) is 18.6 Å². The van der Waals surface area contributed by atoms with Crippen LogP contribution in [0.1, 0.15) is 6.42 Å². The lowest BCUT2D eigenvalue weighted by molar-refractivity contribution is -0.129. The van der Waals surface area contributed by atoms with Gasteiger partial charge in [0.2, 0.25) is 0 Å². The molecule has 1 aromatic carbocycles. The van der Waals surface area contributed by atoms with Gasteiger partial charge in [0.1, 0.15) is 6.61 Å². The highest BCUT2D eigenvalue weighted by Gasteiger charge is 2.26. The highest BCUT2D eigenvalue weighted by atomic mass is 16.5. The number of carbonyl (C=O) groups is 1. The van der Waals surface area contributed by atoms with Crippen LogP contribution in [0.5, 0.6) is 0 Å². The molecule has 0 aromatic heterocycles. The van der Waals surface area contributed by atoms with Gasteiger partial charge in [0.05, 0.1) is 12.6 Å². The quantitative estimate of drug-likeness (QED) is 0.821. The Labute approximate surface area is 94.4 Å². The predicted octanol–water partition coefficient (Wildman–Crippen LogP) is 0.801. The Morgan fingerprint density at radius 2 is 2.12 bits per heavy atom. The van der Waals surface area contributed by atoms with Gasteiger partial charge in [-0.15, -0.1) is 0 Å². The molecule has 1 amide bonds. The minimum Gasteiger partial charge on any atom is -0.396 e. The van der Waals surface area contributed by atoms with Gasteiger partial charge in [0, 0.05) is 12.3 Å². The Morgan fingerprint density at radius 1 is 1.38 bits per heavy atom. The molecule has 1 atom stereocenters. The zero-order valence-corrected chi connectivity index (χ0v) is 9.00. The second-order valence-electron chi connectivity index (χ2n) is 3.79. The Hall–Kier alpha value is -1.39. The zero-order chi connectivity index (χ0) is 11.4. The second-order valence-corrected chi connectivity index (χ2v) is 3.79. The molecule has 1 N–H and O–H groups in total. The molecule has 4 heteroatoms. The number of morpholine rings is 1. The summed E-state index contributed by atoms with van der Waals surface area (Å²) in [5.41, 5.74) is 0.888. The van der Waals surface area contributed by atoms with Crippen LogP contribution >= 0.6 is 0 Å². The number of rotatable bonds is 3. The number of aliphatic hydroxyl groups is 1. The molecule has 1 aliphatic heterocycles. The number of anilines is 1. The molecule has 1 aromatic rings. The summed E-state index contributed by atoms with van der Waals surface area (Å²) in [5, 5.41) is 8.86. The van der Waals surface area contributed by atoms with Crippen molar-refractivity contribution in [2.45, 2.75) is 12.5 Å². The average Bonchev–Trinajstić information content (AvgIpc) is 2.33. The fourth-order valence-electron chi connectivity index (χ4n) is 1.80. The zero-order valence-electron chi connectivity index (χ0n) is 9.00. The molecule has 0 bridgehead atoms. The van der Waals surface area contributed by atoms with E-state index in [2.05, 4.69) is 0 Å². The van der Waals surface area contributed by atoms with Crippen molar-refractivity contribution < 1.29 is 14.6 Å². The van der Waals surface area contributed by atoms with Gasteiger partial charge in [0.25, 0.3) is 5.91 Å². The van der Waals surface area contributed by atoms with E-state index in [9.17, 15) is 4.79 Å².